The van der Waals surface area contributed by atoms with Gasteiger partial charge in [-0.25, -0.2) is 4.98 Å². The molecule has 7 nitrogen and oxygen atoms in total. The first-order valence-corrected chi connectivity index (χ1v) is 8.07. The number of carbonyl (C=O) groups excluding carboxylic acids is 1. The van der Waals surface area contributed by atoms with Crippen LogP contribution in [0.15, 0.2) is 49.1 Å². The van der Waals surface area contributed by atoms with Gasteiger partial charge in [-0.3, -0.25) is 14.3 Å². The molecule has 0 aromatic carbocycles. The van der Waals surface area contributed by atoms with Crippen molar-refractivity contribution in [2.24, 2.45) is 0 Å². The van der Waals surface area contributed by atoms with Gasteiger partial charge in [0.15, 0.2) is 5.82 Å². The normalized spacial score (nSPS) is 15.4. The first kappa shape index (κ1) is 17.1. The number of hydrogen-bond acceptors (Lipinski definition) is 5. The lowest BCUT2D eigenvalue weighted by atomic mass is 10.2. The lowest BCUT2D eigenvalue weighted by Gasteiger charge is -2.21. The molecule has 27 heavy (non-hydrogen) atoms. The summed E-state index contributed by atoms with van der Waals surface area (Å²) >= 11 is 0. The fourth-order valence-electron chi connectivity index (χ4n) is 2.82. The molecule has 0 unspecified atom stereocenters. The van der Waals surface area contributed by atoms with Crippen LogP contribution in [0.1, 0.15) is 23.2 Å². The number of anilines is 1. The lowest BCUT2D eigenvalue weighted by Crippen LogP contribution is -2.35. The third kappa shape index (κ3) is 3.03. The quantitative estimate of drug-likeness (QED) is 0.759. The maximum Gasteiger partial charge on any atom is 0.412 e. The highest BCUT2D eigenvalue weighted by molar-refractivity contribution is 6.03. The van der Waals surface area contributed by atoms with Crippen LogP contribution in [0.2, 0.25) is 0 Å². The van der Waals surface area contributed by atoms with Crippen LogP contribution in [0, 0.1) is 0 Å². The van der Waals surface area contributed by atoms with Crippen LogP contribution in [-0.2, 0) is 5.54 Å². The van der Waals surface area contributed by atoms with Crippen molar-refractivity contribution in [2.45, 2.75) is 24.6 Å². The number of nitrogens with one attached hydrogen (secondary N) is 1. The van der Waals surface area contributed by atoms with E-state index in [2.05, 4.69) is 25.5 Å². The summed E-state index contributed by atoms with van der Waals surface area (Å²) in [6.45, 7) is 0. The SMILES string of the molecule is O=C(Nc1cccc(-c2nncn2C2(C(F)(F)F)CC2)n1)c1cccnc1. The molecule has 0 spiro atoms. The summed E-state index contributed by atoms with van der Waals surface area (Å²) in [5.74, 6) is -0.238. The van der Waals surface area contributed by atoms with E-state index in [1.807, 2.05) is 0 Å². The van der Waals surface area contributed by atoms with Gasteiger partial charge in [-0.05, 0) is 37.1 Å². The Bertz CT molecular complexity index is 982. The van der Waals surface area contributed by atoms with E-state index in [4.69, 9.17) is 0 Å². The van der Waals surface area contributed by atoms with Crippen molar-refractivity contribution in [1.29, 1.82) is 0 Å². The molecule has 0 saturated heterocycles. The van der Waals surface area contributed by atoms with Crippen LogP contribution in [0.3, 0.4) is 0 Å². The number of nitrogens with zero attached hydrogens (tertiary/aromatic N) is 5. The van der Waals surface area contributed by atoms with Gasteiger partial charge in [-0.2, -0.15) is 13.2 Å². The Kier molecular flexibility index (Phi) is 3.90. The number of alkyl halides is 3. The van der Waals surface area contributed by atoms with Gasteiger partial charge in [0.1, 0.15) is 23.4 Å². The van der Waals surface area contributed by atoms with E-state index in [-0.39, 0.29) is 30.2 Å². The number of aromatic nitrogens is 5. The topological polar surface area (TPSA) is 85.6 Å². The van der Waals surface area contributed by atoms with Crippen molar-refractivity contribution in [1.82, 2.24) is 24.7 Å². The molecule has 0 atom stereocenters. The monoisotopic (exact) mass is 374 g/mol. The second-order valence-electron chi connectivity index (χ2n) is 6.16. The molecule has 4 rings (SSSR count). The number of carbonyl (C=O) groups is 1. The Morgan fingerprint density at radius 1 is 1.19 bits per heavy atom. The molecule has 3 aromatic heterocycles. The number of rotatable bonds is 4. The van der Waals surface area contributed by atoms with E-state index >= 15 is 0 Å². The predicted octanol–water partition coefficient (Wildman–Crippen LogP) is 3.04. The Balaban J connectivity index is 1.63. The van der Waals surface area contributed by atoms with Crippen molar-refractivity contribution in [2.75, 3.05) is 5.32 Å². The third-order valence-electron chi connectivity index (χ3n) is 4.40. The van der Waals surface area contributed by atoms with Gasteiger partial charge >= 0.3 is 6.18 Å². The van der Waals surface area contributed by atoms with E-state index in [0.717, 1.165) is 10.9 Å². The maximum atomic E-state index is 13.4. The maximum absolute atomic E-state index is 13.4. The van der Waals surface area contributed by atoms with E-state index in [1.54, 1.807) is 18.2 Å². The fraction of sp³-hybridized carbons (Fsp3) is 0.235. The molecule has 1 amide bonds. The largest absolute Gasteiger partial charge is 0.412 e. The zero-order chi connectivity index (χ0) is 19.1. The van der Waals surface area contributed by atoms with Crippen molar-refractivity contribution in [3.63, 3.8) is 0 Å². The Labute approximate surface area is 151 Å². The van der Waals surface area contributed by atoms with Crippen molar-refractivity contribution in [3.8, 4) is 11.5 Å². The molecule has 1 fully saturated rings. The van der Waals surface area contributed by atoms with Crippen molar-refractivity contribution < 1.29 is 18.0 Å². The minimum absolute atomic E-state index is 0.00213. The molecule has 138 valence electrons. The molecular formula is C17H13F3N6O. The van der Waals surface area contributed by atoms with Gasteiger partial charge in [0.2, 0.25) is 0 Å². The van der Waals surface area contributed by atoms with Crippen LogP contribution in [0.4, 0.5) is 19.0 Å². The highest BCUT2D eigenvalue weighted by Gasteiger charge is 2.65. The molecule has 1 aliphatic carbocycles. The smallest absolute Gasteiger partial charge is 0.306 e. The number of halogens is 3. The molecule has 1 aliphatic rings. The molecule has 0 aliphatic heterocycles. The average Bonchev–Trinajstić information content (AvgIpc) is 3.33. The van der Waals surface area contributed by atoms with E-state index in [1.165, 1.54) is 24.5 Å². The first-order chi connectivity index (χ1) is 12.9. The van der Waals surface area contributed by atoms with Gasteiger partial charge < -0.3 is 5.32 Å². The van der Waals surface area contributed by atoms with Crippen LogP contribution in [0.25, 0.3) is 11.5 Å². The van der Waals surface area contributed by atoms with Crippen LogP contribution >= 0.6 is 0 Å². The van der Waals surface area contributed by atoms with Crippen LogP contribution in [0.5, 0.6) is 0 Å². The third-order valence-corrected chi connectivity index (χ3v) is 4.40. The summed E-state index contributed by atoms with van der Waals surface area (Å²) < 4.78 is 41.3. The van der Waals surface area contributed by atoms with E-state index in [0.29, 0.717) is 5.56 Å². The Hall–Kier alpha value is -3.30. The summed E-state index contributed by atoms with van der Waals surface area (Å²) in [4.78, 5) is 20.3. The average molecular weight is 374 g/mol. The minimum Gasteiger partial charge on any atom is -0.306 e. The van der Waals surface area contributed by atoms with Crippen molar-refractivity contribution in [3.05, 3.63) is 54.6 Å². The summed E-state index contributed by atoms with van der Waals surface area (Å²) in [6.07, 6.45) is -0.459. The van der Waals surface area contributed by atoms with Gasteiger partial charge in [-0.1, -0.05) is 6.07 Å². The molecule has 0 radical (unpaired) electrons. The van der Waals surface area contributed by atoms with Gasteiger partial charge in [0.25, 0.3) is 5.91 Å². The molecule has 3 heterocycles. The van der Waals surface area contributed by atoms with E-state index in [9.17, 15) is 18.0 Å². The molecule has 3 aromatic rings. The summed E-state index contributed by atoms with van der Waals surface area (Å²) in [5, 5.41) is 10.0. The standard InChI is InChI=1S/C17H13F3N6O/c18-17(19,20)16(6-7-16)26-10-22-25-14(26)12-4-1-5-13(23-12)24-15(27)11-3-2-8-21-9-11/h1-5,8-10H,6-7H2,(H,23,24,27). The first-order valence-electron chi connectivity index (χ1n) is 8.07. The summed E-state index contributed by atoms with van der Waals surface area (Å²) in [6, 6.07) is 7.84. The molecular weight excluding hydrogens is 361 g/mol. The number of pyridine rings is 2. The van der Waals surface area contributed by atoms with Crippen LogP contribution < -0.4 is 5.32 Å². The number of amides is 1. The summed E-state index contributed by atoms with van der Waals surface area (Å²) in [7, 11) is 0. The van der Waals surface area contributed by atoms with Crippen molar-refractivity contribution >= 4 is 11.7 Å². The molecule has 0 bridgehead atoms. The second kappa shape index (κ2) is 6.15. The Morgan fingerprint density at radius 2 is 2.00 bits per heavy atom. The highest BCUT2D eigenvalue weighted by atomic mass is 19.4. The second-order valence-corrected chi connectivity index (χ2v) is 6.16. The van der Waals surface area contributed by atoms with Crippen LogP contribution in [-0.4, -0.2) is 36.8 Å². The minimum atomic E-state index is -4.41. The Morgan fingerprint density at radius 3 is 2.67 bits per heavy atom. The number of hydrogen-bond donors (Lipinski definition) is 1. The zero-order valence-corrected chi connectivity index (χ0v) is 13.8. The fourth-order valence-corrected chi connectivity index (χ4v) is 2.82. The highest BCUT2D eigenvalue weighted by Crippen LogP contribution is 2.56. The predicted molar refractivity (Wildman–Crippen MR) is 88.7 cm³/mol. The van der Waals surface area contributed by atoms with E-state index < -0.39 is 17.6 Å². The van der Waals surface area contributed by atoms with Gasteiger partial charge in [0.05, 0.1) is 5.56 Å². The zero-order valence-electron chi connectivity index (χ0n) is 13.8. The molecule has 1 N–H and O–H groups in total. The molecule has 10 heteroatoms. The summed E-state index contributed by atoms with van der Waals surface area (Å²) in [5.41, 5.74) is -1.46. The van der Waals surface area contributed by atoms with Gasteiger partial charge in [0, 0.05) is 12.4 Å². The van der Waals surface area contributed by atoms with Gasteiger partial charge in [-0.15, -0.1) is 10.2 Å². The molecule has 1 saturated carbocycles. The lowest BCUT2D eigenvalue weighted by molar-refractivity contribution is -0.179.